The highest BCUT2D eigenvalue weighted by Crippen LogP contribution is 2.43. The summed E-state index contributed by atoms with van der Waals surface area (Å²) in [6.07, 6.45) is 67.0. The molecule has 2 atom stereocenters. The Labute approximate surface area is 433 Å². The molecular formula is C60H116NO8P. The second-order valence-electron chi connectivity index (χ2n) is 20.6. The van der Waals surface area contributed by atoms with Crippen molar-refractivity contribution in [3.8, 4) is 0 Å². The van der Waals surface area contributed by atoms with E-state index in [4.69, 9.17) is 24.3 Å². The number of phosphoric ester groups is 1. The second kappa shape index (κ2) is 56.8. The van der Waals surface area contributed by atoms with Gasteiger partial charge in [0.1, 0.15) is 6.61 Å². The summed E-state index contributed by atoms with van der Waals surface area (Å²) in [5, 5.41) is 0. The number of hydrogen-bond donors (Lipinski definition) is 2. The molecule has 0 aromatic heterocycles. The van der Waals surface area contributed by atoms with E-state index < -0.39 is 26.5 Å². The number of esters is 2. The fourth-order valence-corrected chi connectivity index (χ4v) is 9.85. The second-order valence-corrected chi connectivity index (χ2v) is 22.0. The Morgan fingerprint density at radius 1 is 0.429 bits per heavy atom. The van der Waals surface area contributed by atoms with Crippen molar-refractivity contribution < 1.29 is 37.6 Å². The van der Waals surface area contributed by atoms with Crippen molar-refractivity contribution >= 4 is 19.8 Å². The molecular weight excluding hydrogens is 894 g/mol. The Morgan fingerprint density at radius 2 is 0.743 bits per heavy atom. The van der Waals surface area contributed by atoms with Crippen molar-refractivity contribution in [2.75, 3.05) is 26.4 Å². The molecule has 3 N–H and O–H groups in total. The van der Waals surface area contributed by atoms with E-state index in [1.165, 1.54) is 225 Å². The van der Waals surface area contributed by atoms with Crippen LogP contribution in [0, 0.1) is 0 Å². The minimum Gasteiger partial charge on any atom is -0.462 e. The third-order valence-electron chi connectivity index (χ3n) is 13.6. The molecule has 0 aromatic rings. The first-order valence-corrected chi connectivity index (χ1v) is 31.8. The predicted molar refractivity (Wildman–Crippen MR) is 298 cm³/mol. The molecule has 0 aliphatic rings. The molecule has 0 fully saturated rings. The van der Waals surface area contributed by atoms with E-state index in [1.807, 2.05) is 0 Å². The van der Waals surface area contributed by atoms with Crippen LogP contribution >= 0.6 is 7.82 Å². The molecule has 0 bridgehead atoms. The first-order valence-electron chi connectivity index (χ1n) is 30.3. The molecule has 0 amide bonds. The first-order chi connectivity index (χ1) is 34.3. The molecule has 0 aliphatic carbocycles. The van der Waals surface area contributed by atoms with E-state index in [2.05, 4.69) is 38.2 Å². The van der Waals surface area contributed by atoms with Crippen molar-refractivity contribution in [2.45, 2.75) is 322 Å². The largest absolute Gasteiger partial charge is 0.472 e. The maximum Gasteiger partial charge on any atom is 0.472 e. The number of phosphoric acid groups is 1. The predicted octanol–water partition coefficient (Wildman–Crippen LogP) is 19.0. The summed E-state index contributed by atoms with van der Waals surface area (Å²) in [5.41, 5.74) is 5.37. The number of unbranched alkanes of at least 4 members (excludes halogenated alkanes) is 41. The molecule has 0 rings (SSSR count). The SMILES string of the molecule is CCCCC/C=C\C/C=C\CCCCCCCC(=O)OC(COC(=O)CCCCCCCCCCCCCCCCCCCCCCCCCCCCCCCCCCCC)COP(=O)(O)OCCN. The van der Waals surface area contributed by atoms with Crippen LogP contribution in [0.3, 0.4) is 0 Å². The van der Waals surface area contributed by atoms with E-state index in [1.54, 1.807) is 0 Å². The van der Waals surface area contributed by atoms with Gasteiger partial charge in [-0.2, -0.15) is 0 Å². The Morgan fingerprint density at radius 3 is 1.11 bits per heavy atom. The van der Waals surface area contributed by atoms with Crippen LogP contribution in [0.1, 0.15) is 316 Å². The molecule has 2 unspecified atom stereocenters. The molecule has 0 aliphatic heterocycles. The zero-order chi connectivity index (χ0) is 51.0. The minimum atomic E-state index is -4.39. The lowest BCUT2D eigenvalue weighted by molar-refractivity contribution is -0.161. The lowest BCUT2D eigenvalue weighted by Crippen LogP contribution is -2.29. The van der Waals surface area contributed by atoms with Crippen molar-refractivity contribution in [1.82, 2.24) is 0 Å². The van der Waals surface area contributed by atoms with Gasteiger partial charge < -0.3 is 20.1 Å². The molecule has 70 heavy (non-hydrogen) atoms. The topological polar surface area (TPSA) is 134 Å². The summed E-state index contributed by atoms with van der Waals surface area (Å²) in [6, 6.07) is 0. The fourth-order valence-electron chi connectivity index (χ4n) is 9.08. The Hall–Kier alpha value is -1.51. The first kappa shape index (κ1) is 68.5. The lowest BCUT2D eigenvalue weighted by Gasteiger charge is -2.19. The van der Waals surface area contributed by atoms with Gasteiger partial charge in [0.25, 0.3) is 0 Å². The zero-order valence-electron chi connectivity index (χ0n) is 46.3. The van der Waals surface area contributed by atoms with Gasteiger partial charge in [-0.3, -0.25) is 18.6 Å². The maximum atomic E-state index is 12.6. The van der Waals surface area contributed by atoms with E-state index in [0.717, 1.165) is 57.8 Å². The monoisotopic (exact) mass is 1010 g/mol. The molecule has 9 nitrogen and oxygen atoms in total. The van der Waals surface area contributed by atoms with Crippen LogP contribution in [0.25, 0.3) is 0 Å². The van der Waals surface area contributed by atoms with Crippen LogP contribution in [-0.4, -0.2) is 49.3 Å². The highest BCUT2D eigenvalue weighted by Gasteiger charge is 2.26. The van der Waals surface area contributed by atoms with Crippen molar-refractivity contribution in [2.24, 2.45) is 5.73 Å². The summed E-state index contributed by atoms with van der Waals surface area (Å²) in [5.74, 6) is -0.829. The molecule has 0 heterocycles. The molecule has 0 spiro atoms. The van der Waals surface area contributed by atoms with Crippen LogP contribution < -0.4 is 5.73 Å². The Balaban J connectivity index is 3.78. The van der Waals surface area contributed by atoms with Gasteiger partial charge in [-0.25, -0.2) is 4.57 Å². The van der Waals surface area contributed by atoms with Crippen LogP contribution in [0.4, 0.5) is 0 Å². The van der Waals surface area contributed by atoms with E-state index in [0.29, 0.717) is 6.42 Å². The number of rotatable bonds is 58. The number of nitrogens with two attached hydrogens (primary N) is 1. The highest BCUT2D eigenvalue weighted by atomic mass is 31.2. The summed E-state index contributed by atoms with van der Waals surface area (Å²) in [6.45, 7) is 3.75. The van der Waals surface area contributed by atoms with Gasteiger partial charge in [0.05, 0.1) is 13.2 Å². The normalized spacial score (nSPS) is 13.1. The van der Waals surface area contributed by atoms with Gasteiger partial charge in [-0.1, -0.05) is 282 Å². The van der Waals surface area contributed by atoms with Gasteiger partial charge in [0, 0.05) is 19.4 Å². The molecule has 0 radical (unpaired) electrons. The third kappa shape index (κ3) is 55.8. The Kier molecular flexibility index (Phi) is 55.6. The minimum absolute atomic E-state index is 0.0528. The highest BCUT2D eigenvalue weighted by molar-refractivity contribution is 7.47. The molecule has 0 saturated carbocycles. The molecule has 0 saturated heterocycles. The van der Waals surface area contributed by atoms with Gasteiger partial charge in [-0.05, 0) is 44.9 Å². The van der Waals surface area contributed by atoms with E-state index in [-0.39, 0.29) is 38.6 Å². The van der Waals surface area contributed by atoms with Gasteiger partial charge in [0.15, 0.2) is 6.10 Å². The number of ether oxygens (including phenoxy) is 2. The fraction of sp³-hybridized carbons (Fsp3) is 0.900. The van der Waals surface area contributed by atoms with Crippen LogP contribution in [-0.2, 0) is 32.7 Å². The number of carbonyl (C=O) groups excluding carboxylic acids is 2. The standard InChI is InChI=1S/C60H116NO8P/c1-3-5-7-9-11-13-15-17-19-20-21-22-23-24-25-26-27-28-29-30-31-32-33-34-35-36-37-39-40-42-44-46-48-50-52-59(62)66-56-58(57-68-70(64,65)67-55-54-61)69-60(63)53-51-49-47-45-43-41-38-18-16-14-12-10-8-6-4-2/h12,14,18,38,58H,3-11,13,15-17,19-37,39-57,61H2,1-2H3,(H,64,65)/b14-12-,38-18-. The smallest absolute Gasteiger partial charge is 0.462 e. The van der Waals surface area contributed by atoms with Crippen LogP contribution in [0.15, 0.2) is 24.3 Å². The maximum absolute atomic E-state index is 12.6. The Bertz CT molecular complexity index is 1200. The van der Waals surface area contributed by atoms with Crippen molar-refractivity contribution in [1.29, 1.82) is 0 Å². The summed E-state index contributed by atoms with van der Waals surface area (Å²) < 4.78 is 33.0. The third-order valence-corrected chi connectivity index (χ3v) is 14.6. The van der Waals surface area contributed by atoms with Gasteiger partial charge in [0.2, 0.25) is 0 Å². The quantitative estimate of drug-likeness (QED) is 0.0264. The number of carbonyl (C=O) groups is 2. The number of hydrogen-bond acceptors (Lipinski definition) is 8. The van der Waals surface area contributed by atoms with Crippen LogP contribution in [0.2, 0.25) is 0 Å². The lowest BCUT2D eigenvalue weighted by atomic mass is 10.0. The van der Waals surface area contributed by atoms with E-state index in [9.17, 15) is 19.0 Å². The van der Waals surface area contributed by atoms with Crippen molar-refractivity contribution in [3.05, 3.63) is 24.3 Å². The summed E-state index contributed by atoms with van der Waals surface area (Å²) in [4.78, 5) is 35.1. The molecule has 10 heteroatoms. The number of allylic oxidation sites excluding steroid dienone is 4. The summed E-state index contributed by atoms with van der Waals surface area (Å²) >= 11 is 0. The molecule has 0 aromatic carbocycles. The zero-order valence-corrected chi connectivity index (χ0v) is 47.2. The van der Waals surface area contributed by atoms with Crippen LogP contribution in [0.5, 0.6) is 0 Å². The summed E-state index contributed by atoms with van der Waals surface area (Å²) in [7, 11) is -4.39. The van der Waals surface area contributed by atoms with Gasteiger partial charge in [-0.15, -0.1) is 0 Å². The molecule has 414 valence electrons. The van der Waals surface area contributed by atoms with E-state index >= 15 is 0 Å². The van der Waals surface area contributed by atoms with Crippen molar-refractivity contribution in [3.63, 3.8) is 0 Å². The average molecular weight is 1010 g/mol. The average Bonchev–Trinajstić information content (AvgIpc) is 3.35. The van der Waals surface area contributed by atoms with Gasteiger partial charge >= 0.3 is 19.8 Å².